The molecular weight excluding hydrogens is 334 g/mol. The Morgan fingerprint density at radius 1 is 1.04 bits per heavy atom. The van der Waals surface area contributed by atoms with Crippen LogP contribution in [-0.2, 0) is 14.4 Å². The monoisotopic (exact) mass is 357 g/mol. The Bertz CT molecular complexity index is 557. The summed E-state index contributed by atoms with van der Waals surface area (Å²) in [5.41, 5.74) is -2.74. The first-order valence-corrected chi connectivity index (χ1v) is 7.25. The maximum Gasteiger partial charge on any atom is 0.336 e. The summed E-state index contributed by atoms with van der Waals surface area (Å²) in [5, 5.41) is 33.8. The van der Waals surface area contributed by atoms with Gasteiger partial charge in [0.1, 0.15) is 12.0 Å². The molecule has 1 aromatic rings. The van der Waals surface area contributed by atoms with Crippen molar-refractivity contribution in [2.75, 3.05) is 14.1 Å². The molecular formula is C16H23NO8. The van der Waals surface area contributed by atoms with Crippen molar-refractivity contribution in [3.8, 4) is 5.75 Å². The number of hydrogen-bond acceptors (Lipinski definition) is 6. The van der Waals surface area contributed by atoms with E-state index in [0.29, 0.717) is 0 Å². The van der Waals surface area contributed by atoms with E-state index in [0.717, 1.165) is 5.75 Å². The summed E-state index contributed by atoms with van der Waals surface area (Å²) in [4.78, 5) is 32.5. The molecule has 0 saturated carbocycles. The van der Waals surface area contributed by atoms with Gasteiger partial charge in [-0.05, 0) is 33.2 Å². The second-order valence-corrected chi connectivity index (χ2v) is 5.47. The number of ether oxygens (including phenoxy) is 1. The Balaban J connectivity index is 0.000000462. The lowest BCUT2D eigenvalue weighted by Gasteiger charge is -2.20. The third-order valence-corrected chi connectivity index (χ3v) is 3.06. The molecule has 0 aromatic heterocycles. The second kappa shape index (κ2) is 10.3. The van der Waals surface area contributed by atoms with Crippen LogP contribution in [0.5, 0.6) is 5.75 Å². The topological polar surface area (TPSA) is 145 Å². The molecule has 0 aliphatic heterocycles. The Morgan fingerprint density at radius 2 is 1.48 bits per heavy atom. The predicted molar refractivity (Wildman–Crippen MR) is 87.3 cm³/mol. The molecule has 0 aliphatic rings. The number of hydrogen-bond donors (Lipinski definition) is 4. The van der Waals surface area contributed by atoms with E-state index in [1.165, 1.54) is 0 Å². The van der Waals surface area contributed by atoms with Gasteiger partial charge in [0, 0.05) is 0 Å². The van der Waals surface area contributed by atoms with Crippen LogP contribution >= 0.6 is 0 Å². The van der Waals surface area contributed by atoms with E-state index in [-0.39, 0.29) is 6.23 Å². The normalized spacial score (nSPS) is 11.9. The molecule has 1 rings (SSSR count). The summed E-state index contributed by atoms with van der Waals surface area (Å²) in [6.45, 7) is 2.02. The average molecular weight is 357 g/mol. The van der Waals surface area contributed by atoms with Crippen molar-refractivity contribution in [2.45, 2.75) is 31.6 Å². The number of benzene rings is 1. The largest absolute Gasteiger partial charge is 0.481 e. The van der Waals surface area contributed by atoms with Crippen LogP contribution in [0.2, 0.25) is 0 Å². The fourth-order valence-electron chi connectivity index (χ4n) is 1.52. The van der Waals surface area contributed by atoms with Crippen LogP contribution in [0.4, 0.5) is 0 Å². The molecule has 0 spiro atoms. The van der Waals surface area contributed by atoms with Crippen molar-refractivity contribution in [1.29, 1.82) is 0 Å². The second-order valence-electron chi connectivity index (χ2n) is 5.47. The van der Waals surface area contributed by atoms with E-state index in [1.54, 1.807) is 0 Å². The smallest absolute Gasteiger partial charge is 0.336 e. The van der Waals surface area contributed by atoms with Crippen LogP contribution < -0.4 is 4.74 Å². The molecule has 9 heteroatoms. The number of carbonyl (C=O) groups is 3. The van der Waals surface area contributed by atoms with Gasteiger partial charge < -0.3 is 25.2 Å². The number of carboxylic acid groups (broad SMARTS) is 3. The third kappa shape index (κ3) is 9.28. The Kier molecular flexibility index (Phi) is 9.18. The first kappa shape index (κ1) is 22.4. The summed E-state index contributed by atoms with van der Waals surface area (Å²) in [6.07, 6.45) is -2.17. The third-order valence-electron chi connectivity index (χ3n) is 3.06. The van der Waals surface area contributed by atoms with Crippen LogP contribution in [0.3, 0.4) is 0 Å². The maximum atomic E-state index is 10.3. The zero-order valence-electron chi connectivity index (χ0n) is 14.2. The van der Waals surface area contributed by atoms with Crippen LogP contribution in [-0.4, -0.2) is 69.2 Å². The lowest BCUT2D eigenvalue weighted by atomic mass is 9.96. The highest BCUT2D eigenvalue weighted by Gasteiger charge is 2.40. The van der Waals surface area contributed by atoms with E-state index in [1.807, 2.05) is 56.3 Å². The molecule has 0 aliphatic carbocycles. The fourth-order valence-corrected chi connectivity index (χ4v) is 1.52. The van der Waals surface area contributed by atoms with Crippen molar-refractivity contribution in [3.05, 3.63) is 30.3 Å². The number of nitrogens with zero attached hydrogens (tertiary/aromatic N) is 1. The summed E-state index contributed by atoms with van der Waals surface area (Å²) < 4.78 is 5.60. The Morgan fingerprint density at radius 3 is 1.80 bits per heavy atom. The van der Waals surface area contributed by atoms with Crippen molar-refractivity contribution < 1.29 is 39.5 Å². The predicted octanol–water partition coefficient (Wildman–Crippen LogP) is 0.724. The molecule has 0 heterocycles. The molecule has 0 fully saturated rings. The quantitative estimate of drug-likeness (QED) is 0.495. The highest BCUT2D eigenvalue weighted by Crippen LogP contribution is 2.15. The van der Waals surface area contributed by atoms with E-state index < -0.39 is 36.4 Å². The van der Waals surface area contributed by atoms with Crippen molar-refractivity contribution in [2.24, 2.45) is 0 Å². The molecule has 9 nitrogen and oxygen atoms in total. The Hall–Kier alpha value is -2.65. The van der Waals surface area contributed by atoms with Gasteiger partial charge in [-0.1, -0.05) is 18.2 Å². The lowest BCUT2D eigenvalue weighted by Crippen LogP contribution is -2.42. The van der Waals surface area contributed by atoms with E-state index in [9.17, 15) is 14.4 Å². The Labute approximate surface area is 145 Å². The van der Waals surface area contributed by atoms with Crippen molar-refractivity contribution in [3.63, 3.8) is 0 Å². The van der Waals surface area contributed by atoms with E-state index in [4.69, 9.17) is 25.2 Å². The number of para-hydroxylation sites is 1. The van der Waals surface area contributed by atoms with Crippen molar-refractivity contribution in [1.82, 2.24) is 4.90 Å². The van der Waals surface area contributed by atoms with Gasteiger partial charge in [-0.3, -0.25) is 14.5 Å². The molecule has 1 unspecified atom stereocenters. The van der Waals surface area contributed by atoms with Crippen LogP contribution in [0.1, 0.15) is 19.8 Å². The first-order valence-electron chi connectivity index (χ1n) is 7.25. The van der Waals surface area contributed by atoms with Crippen LogP contribution in [0.25, 0.3) is 0 Å². The molecule has 0 radical (unpaired) electrons. The number of carboxylic acids is 3. The fraction of sp³-hybridized carbons (Fsp3) is 0.438. The van der Waals surface area contributed by atoms with Crippen molar-refractivity contribution >= 4 is 17.9 Å². The summed E-state index contributed by atoms with van der Waals surface area (Å²) in [6, 6.07) is 9.84. The summed E-state index contributed by atoms with van der Waals surface area (Å²) in [5.74, 6) is -4.10. The van der Waals surface area contributed by atoms with Gasteiger partial charge in [0.15, 0.2) is 5.60 Å². The summed E-state index contributed by atoms with van der Waals surface area (Å²) >= 11 is 0. The average Bonchev–Trinajstić information content (AvgIpc) is 2.46. The molecule has 140 valence electrons. The SMILES string of the molecule is CC(Oc1ccccc1)N(C)C.O=C(O)CC(O)(CC(=O)O)C(=O)O. The van der Waals surface area contributed by atoms with E-state index >= 15 is 0 Å². The highest BCUT2D eigenvalue weighted by molar-refractivity contribution is 5.88. The number of rotatable bonds is 8. The molecule has 1 aromatic carbocycles. The van der Waals surface area contributed by atoms with Gasteiger partial charge >= 0.3 is 17.9 Å². The molecule has 1 atom stereocenters. The zero-order chi connectivity index (χ0) is 19.6. The first-order chi connectivity index (χ1) is 11.5. The molecule has 0 saturated heterocycles. The highest BCUT2D eigenvalue weighted by atomic mass is 16.5. The van der Waals surface area contributed by atoms with Crippen LogP contribution in [0, 0.1) is 0 Å². The minimum Gasteiger partial charge on any atom is -0.481 e. The van der Waals surface area contributed by atoms with Gasteiger partial charge in [-0.25, -0.2) is 4.79 Å². The van der Waals surface area contributed by atoms with E-state index in [2.05, 4.69) is 0 Å². The van der Waals surface area contributed by atoms with Crippen LogP contribution in [0.15, 0.2) is 30.3 Å². The van der Waals surface area contributed by atoms with Gasteiger partial charge in [0.2, 0.25) is 0 Å². The minimum absolute atomic E-state index is 0.118. The minimum atomic E-state index is -2.74. The van der Waals surface area contributed by atoms with Gasteiger partial charge in [0.25, 0.3) is 0 Å². The van der Waals surface area contributed by atoms with Gasteiger partial charge in [0.05, 0.1) is 12.8 Å². The number of aliphatic hydroxyl groups is 1. The zero-order valence-corrected chi connectivity index (χ0v) is 14.2. The lowest BCUT2D eigenvalue weighted by molar-refractivity contribution is -0.170. The standard InChI is InChI=1S/C10H15NO.C6H8O7/c1-9(11(2)3)12-10-7-5-4-6-8-10;7-3(8)1-6(13,5(11)12)2-4(9)10/h4-9H,1-3H3;13H,1-2H2,(H,7,8)(H,9,10)(H,11,12). The molecule has 0 amide bonds. The van der Waals surface area contributed by atoms with Gasteiger partial charge in [-0.2, -0.15) is 0 Å². The van der Waals surface area contributed by atoms with Gasteiger partial charge in [-0.15, -0.1) is 0 Å². The molecule has 0 bridgehead atoms. The molecule has 4 N–H and O–H groups in total. The maximum absolute atomic E-state index is 10.3. The number of aliphatic carboxylic acids is 3. The summed E-state index contributed by atoms with van der Waals surface area (Å²) in [7, 11) is 3.99. The molecule has 25 heavy (non-hydrogen) atoms.